The zero-order valence-electron chi connectivity index (χ0n) is 11.0. The van der Waals surface area contributed by atoms with E-state index in [1.807, 2.05) is 0 Å². The molecule has 0 fully saturated rings. The maximum Gasteiger partial charge on any atom is 1.00 e. The molecular formula is C10H18Li4. The molecule has 0 spiro atoms. The van der Waals surface area contributed by atoms with Crippen molar-refractivity contribution in [1.82, 2.24) is 0 Å². The first-order chi connectivity index (χ1) is 4.91. The van der Waals surface area contributed by atoms with E-state index in [-0.39, 0.29) is 75.4 Å². The molecule has 0 aliphatic rings. The minimum Gasteiger partial charge on any atom is -0.386 e. The molecule has 0 heterocycles. The fourth-order valence-electron chi connectivity index (χ4n) is 0.793. The van der Waals surface area contributed by atoms with Crippen molar-refractivity contribution in [3.63, 3.8) is 0 Å². The third kappa shape index (κ3) is 29.3. The molecule has 0 unspecified atom stereocenters. The summed E-state index contributed by atoms with van der Waals surface area (Å²) >= 11 is 0. The van der Waals surface area contributed by atoms with Crippen molar-refractivity contribution < 1.29 is 75.4 Å². The Labute approximate surface area is 139 Å². The molecule has 0 aromatic carbocycles. The number of rotatable bonds is 7. The van der Waals surface area contributed by atoms with Crippen molar-refractivity contribution in [3.05, 3.63) is 26.2 Å². The molecule has 0 aromatic rings. The van der Waals surface area contributed by atoms with Crippen LogP contribution in [-0.4, -0.2) is 0 Å². The van der Waals surface area contributed by atoms with Crippen molar-refractivity contribution >= 4 is 0 Å². The smallest absolute Gasteiger partial charge is 0.386 e. The van der Waals surface area contributed by atoms with Crippen molar-refractivity contribution in [2.75, 3.05) is 0 Å². The number of hydrogen-bond acceptors (Lipinski definition) is 0. The fourth-order valence-corrected chi connectivity index (χ4v) is 0.793. The second-order valence-electron chi connectivity index (χ2n) is 2.38. The summed E-state index contributed by atoms with van der Waals surface area (Å²) in [6, 6.07) is 0. The average molecular weight is 166 g/mol. The van der Waals surface area contributed by atoms with Gasteiger partial charge in [0.05, 0.1) is 0 Å². The van der Waals surface area contributed by atoms with Crippen molar-refractivity contribution in [1.29, 1.82) is 0 Å². The first-order valence-electron chi connectivity index (χ1n) is 4.16. The molecule has 14 heavy (non-hydrogen) atoms. The van der Waals surface area contributed by atoms with Gasteiger partial charge in [-0.15, -0.1) is 0 Å². The summed E-state index contributed by atoms with van der Waals surface area (Å²) in [4.78, 5) is 0. The van der Waals surface area contributed by atoms with Crippen LogP contribution in [-0.2, 0) is 0 Å². The van der Waals surface area contributed by atoms with E-state index >= 15 is 0 Å². The molecule has 0 nitrogen and oxygen atoms in total. The van der Waals surface area contributed by atoms with Gasteiger partial charge in [0.25, 0.3) is 0 Å². The Kier molecular flexibility index (Phi) is 63.1. The molecule has 0 aromatic heterocycles. The summed E-state index contributed by atoms with van der Waals surface area (Å²) in [5, 5.41) is 0. The first kappa shape index (κ1) is 29.9. The predicted molar refractivity (Wildman–Crippen MR) is 47.0 cm³/mol. The van der Waals surface area contributed by atoms with E-state index < -0.39 is 0 Å². The van der Waals surface area contributed by atoms with Crippen LogP contribution < -0.4 is 75.4 Å². The molecule has 0 radical (unpaired) electrons. The van der Waals surface area contributed by atoms with E-state index in [4.69, 9.17) is 0 Å². The molecule has 0 N–H and O–H groups in total. The zero-order valence-corrected chi connectivity index (χ0v) is 11.0. The SMILES string of the molecule is [CH2-]C[CH-]C[CH-]CC[CH-]CC.[Li+].[Li+].[Li+].[Li+]. The van der Waals surface area contributed by atoms with Gasteiger partial charge in [-0.3, -0.25) is 0 Å². The molecular weight excluding hydrogens is 148 g/mol. The van der Waals surface area contributed by atoms with Crippen LogP contribution in [0.15, 0.2) is 0 Å². The maximum absolute atomic E-state index is 3.74. The fraction of sp³-hybridized carbons (Fsp3) is 0.600. The number of hydrogen-bond donors (Lipinski definition) is 0. The largest absolute Gasteiger partial charge is 1.00 e. The van der Waals surface area contributed by atoms with E-state index in [9.17, 15) is 0 Å². The average Bonchev–Trinajstić information content (AvgIpc) is 1.97. The van der Waals surface area contributed by atoms with E-state index in [0.717, 1.165) is 12.8 Å². The van der Waals surface area contributed by atoms with Crippen molar-refractivity contribution in [2.24, 2.45) is 0 Å². The third-order valence-electron chi connectivity index (χ3n) is 1.40. The van der Waals surface area contributed by atoms with Crippen LogP contribution in [0.25, 0.3) is 0 Å². The van der Waals surface area contributed by atoms with Gasteiger partial charge in [-0.05, 0) is 0 Å². The Morgan fingerprint density at radius 2 is 1.36 bits per heavy atom. The standard InChI is InChI=1S/C10H18.4Li/c1-3-5-7-9-10-8-6-4-2;;;;/h5-6,9H,1,3-4,7-8,10H2,2H3;;;;/q-4;4*+1. The Balaban J connectivity index is -0.0000000675. The minimum absolute atomic E-state index is 0. The normalized spacial score (nSPS) is 7.29. The molecule has 0 rings (SSSR count). The third-order valence-corrected chi connectivity index (χ3v) is 1.40. The van der Waals surface area contributed by atoms with Gasteiger partial charge in [0.2, 0.25) is 0 Å². The van der Waals surface area contributed by atoms with Crippen LogP contribution in [0.1, 0.15) is 39.0 Å². The molecule has 4 heteroatoms. The summed E-state index contributed by atoms with van der Waals surface area (Å²) < 4.78 is 0. The van der Waals surface area contributed by atoms with Crippen LogP contribution in [0.2, 0.25) is 0 Å². The Morgan fingerprint density at radius 3 is 1.79 bits per heavy atom. The van der Waals surface area contributed by atoms with Gasteiger partial charge in [0.15, 0.2) is 0 Å². The molecule has 0 aliphatic heterocycles. The summed E-state index contributed by atoms with van der Waals surface area (Å²) in [6.07, 6.45) is 12.6. The second-order valence-corrected chi connectivity index (χ2v) is 2.38. The second kappa shape index (κ2) is 29.5. The topological polar surface area (TPSA) is 0 Å². The van der Waals surface area contributed by atoms with Crippen LogP contribution in [0.5, 0.6) is 0 Å². The van der Waals surface area contributed by atoms with Crippen LogP contribution >= 0.6 is 0 Å². The Hall–Kier alpha value is 2.39. The predicted octanol–water partition coefficient (Wildman–Crippen LogP) is -8.58. The first-order valence-corrected chi connectivity index (χ1v) is 4.16. The molecule has 0 amide bonds. The summed E-state index contributed by atoms with van der Waals surface area (Å²) in [7, 11) is 0. The van der Waals surface area contributed by atoms with Gasteiger partial charge < -0.3 is 39.0 Å². The Morgan fingerprint density at radius 1 is 0.857 bits per heavy atom. The van der Waals surface area contributed by atoms with Gasteiger partial charge in [-0.25, -0.2) is 12.8 Å². The summed E-state index contributed by atoms with van der Waals surface area (Å²) in [5.41, 5.74) is 0. The van der Waals surface area contributed by atoms with Gasteiger partial charge in [0, 0.05) is 0 Å². The van der Waals surface area contributed by atoms with Crippen molar-refractivity contribution in [2.45, 2.75) is 39.0 Å². The minimum atomic E-state index is 0. The van der Waals surface area contributed by atoms with Crippen LogP contribution in [0.4, 0.5) is 0 Å². The monoisotopic (exact) mass is 166 g/mol. The zero-order chi connectivity index (χ0) is 7.66. The van der Waals surface area contributed by atoms with E-state index in [2.05, 4.69) is 33.1 Å². The molecule has 0 atom stereocenters. The van der Waals surface area contributed by atoms with Crippen LogP contribution in [0.3, 0.4) is 0 Å². The van der Waals surface area contributed by atoms with Crippen molar-refractivity contribution in [3.8, 4) is 0 Å². The quantitative estimate of drug-likeness (QED) is 0.200. The Bertz CT molecular complexity index is 52.1. The van der Waals surface area contributed by atoms with E-state index in [1.165, 1.54) is 19.3 Å². The summed E-state index contributed by atoms with van der Waals surface area (Å²) in [5.74, 6) is 0. The maximum atomic E-state index is 3.74. The van der Waals surface area contributed by atoms with E-state index in [1.54, 1.807) is 0 Å². The molecule has 0 bridgehead atoms. The molecule has 62 valence electrons. The summed E-state index contributed by atoms with van der Waals surface area (Å²) in [6.45, 7) is 5.92. The van der Waals surface area contributed by atoms with E-state index in [0.29, 0.717) is 0 Å². The van der Waals surface area contributed by atoms with Gasteiger partial charge >= 0.3 is 75.4 Å². The molecule has 0 saturated heterocycles. The molecule has 0 aliphatic carbocycles. The van der Waals surface area contributed by atoms with Gasteiger partial charge in [-0.1, -0.05) is 6.92 Å². The van der Waals surface area contributed by atoms with Crippen LogP contribution in [0, 0.1) is 26.2 Å². The molecule has 0 saturated carbocycles. The van der Waals surface area contributed by atoms with Gasteiger partial charge in [0.1, 0.15) is 0 Å². The number of unbranched alkanes of at least 4 members (excludes halogenated alkanes) is 7. The van der Waals surface area contributed by atoms with Gasteiger partial charge in [-0.2, -0.15) is 6.42 Å².